The molecule has 13 heteroatoms. The predicted molar refractivity (Wildman–Crippen MR) is 243 cm³/mol. The van der Waals surface area contributed by atoms with E-state index in [0.717, 1.165) is 59.9 Å². The molecule has 9 rings (SSSR count). The molecule has 0 aromatic heterocycles. The number of fused-ring (bicyclic) bond motifs is 2. The number of amides is 3. The lowest BCUT2D eigenvalue weighted by molar-refractivity contribution is -0.150. The minimum Gasteiger partial charge on any atom is -0.497 e. The summed E-state index contributed by atoms with van der Waals surface area (Å²) in [5, 5.41) is 14.8. The largest absolute Gasteiger partial charge is 0.497 e. The highest BCUT2D eigenvalue weighted by molar-refractivity contribution is 6.91. The predicted octanol–water partition coefficient (Wildman–Crippen LogP) is 5.77. The maximum atomic E-state index is 15.6. The molecular weight excluding hydrogens is 799 g/mol. The summed E-state index contributed by atoms with van der Waals surface area (Å²) < 4.78 is 18.6. The molecule has 0 aliphatic carbocycles. The molecular formula is C49H59N5O7Si. The van der Waals surface area contributed by atoms with Gasteiger partial charge in [0, 0.05) is 29.4 Å². The highest BCUT2D eigenvalue weighted by Crippen LogP contribution is 2.60. The molecule has 2 spiro atoms. The Morgan fingerprint density at radius 1 is 0.887 bits per heavy atom. The van der Waals surface area contributed by atoms with Gasteiger partial charge in [0.15, 0.2) is 5.60 Å². The summed E-state index contributed by atoms with van der Waals surface area (Å²) >= 11 is 0. The van der Waals surface area contributed by atoms with Crippen molar-refractivity contribution < 1.29 is 33.7 Å². The van der Waals surface area contributed by atoms with E-state index in [2.05, 4.69) is 54.5 Å². The summed E-state index contributed by atoms with van der Waals surface area (Å²) in [6.07, 6.45) is 2.58. The SMILES string of the molecule is COc1ccc([Si](C)(C)[C@@H]2[C@@H](CC(=O)N3CCC[C@H]3CO)O[C@]3(C(=O)N(Cc4cccc(N5CN(c6ccccc6)C6(CCNCC6)C5=O)c4)c4ccc(OC)cc43)[C@H]2C)cc1. The van der Waals surface area contributed by atoms with Gasteiger partial charge in [-0.3, -0.25) is 19.3 Å². The number of benzene rings is 4. The molecule has 12 nitrogen and oxygen atoms in total. The number of ether oxygens (including phenoxy) is 3. The molecule has 0 radical (unpaired) electrons. The molecule has 5 heterocycles. The Morgan fingerprint density at radius 2 is 1.60 bits per heavy atom. The van der Waals surface area contributed by atoms with Crippen LogP contribution in [0.3, 0.4) is 0 Å². The topological polar surface area (TPSA) is 124 Å². The van der Waals surface area contributed by atoms with Crippen molar-refractivity contribution in [1.82, 2.24) is 10.2 Å². The molecule has 5 aliphatic heterocycles. The number of nitrogens with zero attached hydrogens (tertiary/aromatic N) is 4. The Bertz CT molecular complexity index is 2320. The molecule has 0 bridgehead atoms. The minimum absolute atomic E-state index is 0.0566. The number of carbonyl (C=O) groups excluding carboxylic acids is 3. The Kier molecular flexibility index (Phi) is 11.2. The second-order valence-corrected chi connectivity index (χ2v) is 23.0. The molecule has 4 aromatic rings. The van der Waals surface area contributed by atoms with Gasteiger partial charge in [0.2, 0.25) is 5.91 Å². The van der Waals surface area contributed by atoms with E-state index in [1.807, 2.05) is 87.5 Å². The van der Waals surface area contributed by atoms with Crippen LogP contribution in [0.1, 0.15) is 50.2 Å². The monoisotopic (exact) mass is 857 g/mol. The number of aliphatic hydroxyl groups is 1. The van der Waals surface area contributed by atoms with E-state index >= 15 is 4.79 Å². The number of carbonyl (C=O) groups is 3. The van der Waals surface area contributed by atoms with Crippen LogP contribution in [0, 0.1) is 5.92 Å². The van der Waals surface area contributed by atoms with E-state index in [-0.39, 0.29) is 54.8 Å². The average molecular weight is 858 g/mol. The lowest BCUT2D eigenvalue weighted by Crippen LogP contribution is -2.55. The van der Waals surface area contributed by atoms with Crippen molar-refractivity contribution in [3.05, 3.63) is 108 Å². The van der Waals surface area contributed by atoms with Gasteiger partial charge in [0.25, 0.3) is 11.8 Å². The Morgan fingerprint density at radius 3 is 2.31 bits per heavy atom. The quantitative estimate of drug-likeness (QED) is 0.181. The zero-order valence-electron chi connectivity index (χ0n) is 36.5. The van der Waals surface area contributed by atoms with Gasteiger partial charge in [-0.2, -0.15) is 0 Å². The number of methoxy groups -OCH3 is 2. The number of nitrogens with one attached hydrogen (secondary N) is 1. The van der Waals surface area contributed by atoms with Gasteiger partial charge in [0.1, 0.15) is 17.0 Å². The number of aliphatic hydroxyl groups excluding tert-OH is 1. The van der Waals surface area contributed by atoms with E-state index in [1.165, 1.54) is 5.19 Å². The lowest BCUT2D eigenvalue weighted by atomic mass is 9.82. The van der Waals surface area contributed by atoms with Gasteiger partial charge in [-0.1, -0.05) is 67.7 Å². The fraction of sp³-hybridized carbons (Fsp3) is 0.449. The van der Waals surface area contributed by atoms with Crippen LogP contribution in [-0.4, -0.2) is 101 Å². The first kappa shape index (κ1) is 42.1. The molecule has 5 atom stereocenters. The third-order valence-electron chi connectivity index (χ3n) is 14.8. The maximum Gasteiger partial charge on any atom is 0.264 e. The Balaban J connectivity index is 1.07. The Hall–Kier alpha value is -5.21. The van der Waals surface area contributed by atoms with E-state index in [9.17, 15) is 14.7 Å². The fourth-order valence-electron chi connectivity index (χ4n) is 11.6. The number of para-hydroxylation sites is 1. The number of likely N-dealkylation sites (tertiary alicyclic amines) is 1. The van der Waals surface area contributed by atoms with Crippen LogP contribution in [0.25, 0.3) is 0 Å². The van der Waals surface area contributed by atoms with E-state index in [1.54, 1.807) is 14.2 Å². The van der Waals surface area contributed by atoms with E-state index < -0.39 is 25.3 Å². The van der Waals surface area contributed by atoms with Crippen molar-refractivity contribution in [3.63, 3.8) is 0 Å². The van der Waals surface area contributed by atoms with Crippen LogP contribution in [0.4, 0.5) is 17.1 Å². The van der Waals surface area contributed by atoms with E-state index in [4.69, 9.17) is 14.2 Å². The van der Waals surface area contributed by atoms with Crippen LogP contribution in [0.5, 0.6) is 11.5 Å². The van der Waals surface area contributed by atoms with Crippen molar-refractivity contribution in [2.75, 3.05) is 61.8 Å². The first-order valence-corrected chi connectivity index (χ1v) is 25.2. The fourth-order valence-corrected chi connectivity index (χ4v) is 15.6. The molecule has 4 saturated heterocycles. The number of piperidine rings is 1. The van der Waals surface area contributed by atoms with Crippen LogP contribution in [-0.2, 0) is 31.3 Å². The highest BCUT2D eigenvalue weighted by Gasteiger charge is 2.67. The third kappa shape index (κ3) is 6.79. The second-order valence-electron chi connectivity index (χ2n) is 18.3. The lowest BCUT2D eigenvalue weighted by Gasteiger charge is -2.39. The summed E-state index contributed by atoms with van der Waals surface area (Å²) in [6, 6.07) is 31.9. The number of rotatable bonds is 11. The molecule has 0 unspecified atom stereocenters. The van der Waals surface area contributed by atoms with Crippen LogP contribution >= 0.6 is 0 Å². The molecule has 2 N–H and O–H groups in total. The van der Waals surface area contributed by atoms with Crippen molar-refractivity contribution in [3.8, 4) is 11.5 Å². The normalized spacial score (nSPS) is 25.6. The van der Waals surface area contributed by atoms with Crippen molar-refractivity contribution >= 4 is 48.0 Å². The standard InChI is InChI=1S/C49H59N5O7Si/c1-33-45(62(4,5)40-19-16-38(59-2)17-20-40)43(29-44(56)51-26-10-15-37(51)31-55)61-49(33)41-28-39(60-3)18-21-42(41)52(47(49)58)30-34-11-9-14-36(27-34)53-32-54(35-12-7-6-8-13-35)48(46(53)57)22-24-50-25-23-48/h6-9,11-14,16-21,27-28,33,37,43,45,50,55H,10,15,22-26,29-32H2,1-5H3/t33-,37-,43+,45-,49+/m0/s1. The third-order valence-corrected chi connectivity index (χ3v) is 19.2. The number of anilines is 3. The smallest absolute Gasteiger partial charge is 0.264 e. The number of hydrogen-bond donors (Lipinski definition) is 2. The van der Waals surface area contributed by atoms with Gasteiger partial charge in [-0.25, -0.2) is 0 Å². The van der Waals surface area contributed by atoms with Gasteiger partial charge in [-0.15, -0.1) is 0 Å². The van der Waals surface area contributed by atoms with Crippen LogP contribution in [0.15, 0.2) is 97.1 Å². The van der Waals surface area contributed by atoms with Gasteiger partial charge < -0.3 is 39.3 Å². The summed E-state index contributed by atoms with van der Waals surface area (Å²) in [4.78, 5) is 52.3. The summed E-state index contributed by atoms with van der Waals surface area (Å²) in [6.45, 7) is 9.48. The molecule has 4 fully saturated rings. The van der Waals surface area contributed by atoms with Gasteiger partial charge in [-0.05, 0) is 104 Å². The molecule has 4 aromatic carbocycles. The minimum atomic E-state index is -2.53. The first-order valence-electron chi connectivity index (χ1n) is 22.1. The summed E-state index contributed by atoms with van der Waals surface area (Å²) in [5.74, 6) is 0.924. The molecule has 3 amide bonds. The first-order chi connectivity index (χ1) is 30.0. The molecule has 5 aliphatic rings. The average Bonchev–Trinajstić information content (AvgIpc) is 4.03. The molecule has 62 heavy (non-hydrogen) atoms. The van der Waals surface area contributed by atoms with Gasteiger partial charge in [0.05, 0.1) is 66.4 Å². The van der Waals surface area contributed by atoms with Crippen molar-refractivity contribution in [1.29, 1.82) is 0 Å². The summed E-state index contributed by atoms with van der Waals surface area (Å²) in [7, 11) is 0.752. The zero-order chi connectivity index (χ0) is 43.4. The second kappa shape index (κ2) is 16.5. The van der Waals surface area contributed by atoms with Crippen molar-refractivity contribution in [2.45, 2.75) is 87.5 Å². The van der Waals surface area contributed by atoms with Gasteiger partial charge >= 0.3 is 0 Å². The van der Waals surface area contributed by atoms with Crippen molar-refractivity contribution in [2.24, 2.45) is 5.92 Å². The molecule has 0 saturated carbocycles. The highest BCUT2D eigenvalue weighted by atomic mass is 28.3. The van der Waals surface area contributed by atoms with E-state index in [0.29, 0.717) is 31.8 Å². The molecule has 326 valence electrons. The van der Waals surface area contributed by atoms with Crippen LogP contribution in [0.2, 0.25) is 18.6 Å². The van der Waals surface area contributed by atoms with Crippen LogP contribution < -0.4 is 34.7 Å². The Labute approximate surface area is 365 Å². The maximum absolute atomic E-state index is 15.6. The number of hydrogen-bond acceptors (Lipinski definition) is 9. The zero-order valence-corrected chi connectivity index (χ0v) is 37.5. The summed E-state index contributed by atoms with van der Waals surface area (Å²) in [5.41, 5.74) is 2.00.